The van der Waals surface area contributed by atoms with Gasteiger partial charge in [-0.05, 0) is 31.9 Å². The highest BCUT2D eigenvalue weighted by Crippen LogP contribution is 2.36. The molecule has 3 rings (SSSR count). The van der Waals surface area contributed by atoms with Crippen molar-refractivity contribution in [2.45, 2.75) is 25.8 Å². The van der Waals surface area contributed by atoms with Gasteiger partial charge < -0.3 is 15.8 Å². The number of ether oxygens (including phenoxy) is 1. The zero-order valence-corrected chi connectivity index (χ0v) is 15.8. The third-order valence-electron chi connectivity index (χ3n) is 5.08. The maximum absolute atomic E-state index is 12.5. The summed E-state index contributed by atoms with van der Waals surface area (Å²) in [5.74, 6) is -3.95. The number of nitrogens with one attached hydrogen (secondary N) is 1. The van der Waals surface area contributed by atoms with Crippen molar-refractivity contribution >= 4 is 35.3 Å². The molecule has 1 aromatic carbocycles. The number of nitrogens with zero attached hydrogens (tertiary/aromatic N) is 1. The van der Waals surface area contributed by atoms with Crippen LogP contribution >= 0.6 is 0 Å². The van der Waals surface area contributed by atoms with E-state index in [1.807, 2.05) is 12.2 Å². The summed E-state index contributed by atoms with van der Waals surface area (Å²) in [4.78, 5) is 61.7. The zero-order chi connectivity index (χ0) is 21.1. The first-order chi connectivity index (χ1) is 13.8. The standard InChI is InChI=1S/C20H21N3O6/c1-11(23-18(26)12-6-2-3-7-13(12)19(23)27)20(28)29-10-16(24)22-15-9-5-4-8-14(15)17(21)25/h2-5,8-9,11-13H,6-7,10H2,1H3,(H2,21,25)(H,22,24)/t11-,12+,13+/m0/s1. The van der Waals surface area contributed by atoms with E-state index in [1.165, 1.54) is 19.1 Å². The van der Waals surface area contributed by atoms with Gasteiger partial charge in [0.05, 0.1) is 23.1 Å². The predicted molar refractivity (Wildman–Crippen MR) is 101 cm³/mol. The Bertz CT molecular complexity index is 883. The van der Waals surface area contributed by atoms with Crippen LogP contribution in [0.4, 0.5) is 5.69 Å². The number of carbonyl (C=O) groups excluding carboxylic acids is 5. The first-order valence-electron chi connectivity index (χ1n) is 9.18. The molecule has 29 heavy (non-hydrogen) atoms. The highest BCUT2D eigenvalue weighted by Gasteiger charge is 2.50. The van der Waals surface area contributed by atoms with Gasteiger partial charge in [-0.2, -0.15) is 0 Å². The molecule has 0 unspecified atom stereocenters. The molecule has 1 aromatic rings. The van der Waals surface area contributed by atoms with Crippen molar-refractivity contribution in [2.24, 2.45) is 17.6 Å². The number of amides is 4. The van der Waals surface area contributed by atoms with Gasteiger partial charge in [-0.1, -0.05) is 24.3 Å². The van der Waals surface area contributed by atoms with Crippen LogP contribution in [0.25, 0.3) is 0 Å². The smallest absolute Gasteiger partial charge is 0.329 e. The Morgan fingerprint density at radius 3 is 2.31 bits per heavy atom. The fourth-order valence-electron chi connectivity index (χ4n) is 3.56. The van der Waals surface area contributed by atoms with Gasteiger partial charge in [-0.25, -0.2) is 4.79 Å². The topological polar surface area (TPSA) is 136 Å². The second-order valence-electron chi connectivity index (χ2n) is 6.94. The number of likely N-dealkylation sites (tertiary alicyclic amines) is 1. The molecule has 0 bridgehead atoms. The lowest BCUT2D eigenvalue weighted by atomic mass is 9.85. The minimum Gasteiger partial charge on any atom is -0.454 e. The summed E-state index contributed by atoms with van der Waals surface area (Å²) in [6.45, 7) is 0.754. The number of nitrogens with two attached hydrogens (primary N) is 1. The minimum absolute atomic E-state index is 0.116. The van der Waals surface area contributed by atoms with Crippen LogP contribution in [0, 0.1) is 11.8 Å². The van der Waals surface area contributed by atoms with Crippen LogP contribution in [0.3, 0.4) is 0 Å². The Kier molecular flexibility index (Phi) is 5.76. The average Bonchev–Trinajstić information content (AvgIpc) is 2.96. The van der Waals surface area contributed by atoms with Gasteiger partial charge in [0.15, 0.2) is 6.61 Å². The maximum atomic E-state index is 12.5. The molecule has 1 heterocycles. The van der Waals surface area contributed by atoms with Gasteiger partial charge in [0, 0.05) is 0 Å². The number of allylic oxidation sites excluding steroid dienone is 2. The van der Waals surface area contributed by atoms with Gasteiger partial charge in [-0.3, -0.25) is 24.1 Å². The van der Waals surface area contributed by atoms with Crippen LogP contribution in [0.15, 0.2) is 36.4 Å². The molecule has 2 aliphatic rings. The van der Waals surface area contributed by atoms with E-state index in [2.05, 4.69) is 5.32 Å². The molecule has 4 amide bonds. The van der Waals surface area contributed by atoms with Gasteiger partial charge >= 0.3 is 5.97 Å². The monoisotopic (exact) mass is 399 g/mol. The van der Waals surface area contributed by atoms with Gasteiger partial charge in [0.2, 0.25) is 11.8 Å². The van der Waals surface area contributed by atoms with E-state index in [-0.39, 0.29) is 11.3 Å². The number of hydrogen-bond acceptors (Lipinski definition) is 6. The Balaban J connectivity index is 1.58. The predicted octanol–water partition coefficient (Wildman–Crippen LogP) is 0.607. The van der Waals surface area contributed by atoms with E-state index in [0.717, 1.165) is 4.90 Å². The number of fused-ring (bicyclic) bond motifs is 1. The Labute approximate surface area is 166 Å². The summed E-state index contributed by atoms with van der Waals surface area (Å²) in [6.07, 6.45) is 4.64. The highest BCUT2D eigenvalue weighted by molar-refractivity contribution is 6.08. The maximum Gasteiger partial charge on any atom is 0.329 e. The van der Waals surface area contributed by atoms with E-state index in [9.17, 15) is 24.0 Å². The lowest BCUT2D eigenvalue weighted by molar-refractivity contribution is -0.159. The first kappa shape index (κ1) is 20.2. The summed E-state index contributed by atoms with van der Waals surface area (Å²) < 4.78 is 4.97. The number of esters is 1. The molecule has 152 valence electrons. The first-order valence-corrected chi connectivity index (χ1v) is 9.18. The van der Waals surface area contributed by atoms with Crippen molar-refractivity contribution < 1.29 is 28.7 Å². The number of benzene rings is 1. The summed E-state index contributed by atoms with van der Waals surface area (Å²) >= 11 is 0. The number of anilines is 1. The third kappa shape index (κ3) is 4.03. The van der Waals surface area contributed by atoms with Crippen molar-refractivity contribution in [1.82, 2.24) is 4.90 Å². The van der Waals surface area contributed by atoms with E-state index >= 15 is 0 Å². The molecular weight excluding hydrogens is 378 g/mol. The summed E-state index contributed by atoms with van der Waals surface area (Å²) in [6, 6.07) is 5.00. The molecule has 9 nitrogen and oxygen atoms in total. The fourth-order valence-corrected chi connectivity index (χ4v) is 3.56. The molecule has 9 heteroatoms. The van der Waals surface area contributed by atoms with Crippen molar-refractivity contribution in [3.63, 3.8) is 0 Å². The van der Waals surface area contributed by atoms with Gasteiger partial charge in [0.1, 0.15) is 6.04 Å². The van der Waals surface area contributed by atoms with E-state index in [4.69, 9.17) is 10.5 Å². The third-order valence-corrected chi connectivity index (χ3v) is 5.08. The molecule has 1 aliphatic heterocycles. The Hall–Kier alpha value is -3.49. The van der Waals surface area contributed by atoms with Crippen LogP contribution in [-0.4, -0.2) is 47.1 Å². The molecular formula is C20H21N3O6. The summed E-state index contributed by atoms with van der Waals surface area (Å²) in [5.41, 5.74) is 5.55. The van der Waals surface area contributed by atoms with Crippen molar-refractivity contribution in [3.8, 4) is 0 Å². The molecule has 1 aliphatic carbocycles. The van der Waals surface area contributed by atoms with Crippen LogP contribution in [-0.2, 0) is 23.9 Å². The van der Waals surface area contributed by atoms with Crippen molar-refractivity contribution in [2.75, 3.05) is 11.9 Å². The Morgan fingerprint density at radius 2 is 1.72 bits per heavy atom. The Morgan fingerprint density at radius 1 is 1.14 bits per heavy atom. The van der Waals surface area contributed by atoms with E-state index in [0.29, 0.717) is 12.8 Å². The molecule has 3 atom stereocenters. The van der Waals surface area contributed by atoms with Crippen molar-refractivity contribution in [3.05, 3.63) is 42.0 Å². The van der Waals surface area contributed by atoms with Crippen LogP contribution < -0.4 is 11.1 Å². The lowest BCUT2D eigenvalue weighted by Gasteiger charge is -2.21. The highest BCUT2D eigenvalue weighted by atomic mass is 16.5. The quantitative estimate of drug-likeness (QED) is 0.409. The normalized spacial score (nSPS) is 21.5. The number of hydrogen-bond donors (Lipinski definition) is 2. The fraction of sp³-hybridized carbons (Fsp3) is 0.350. The molecule has 1 saturated heterocycles. The number of imide groups is 1. The molecule has 1 fully saturated rings. The number of primary amides is 1. The lowest BCUT2D eigenvalue weighted by Crippen LogP contribution is -2.45. The summed E-state index contributed by atoms with van der Waals surface area (Å²) in [5, 5.41) is 2.44. The number of carbonyl (C=O) groups is 5. The van der Waals surface area contributed by atoms with E-state index < -0.39 is 54.1 Å². The van der Waals surface area contributed by atoms with Gasteiger partial charge in [0.25, 0.3) is 11.8 Å². The molecule has 0 radical (unpaired) electrons. The number of para-hydroxylation sites is 1. The van der Waals surface area contributed by atoms with Crippen LogP contribution in [0.2, 0.25) is 0 Å². The second-order valence-corrected chi connectivity index (χ2v) is 6.94. The van der Waals surface area contributed by atoms with Crippen LogP contribution in [0.1, 0.15) is 30.1 Å². The largest absolute Gasteiger partial charge is 0.454 e. The van der Waals surface area contributed by atoms with Gasteiger partial charge in [-0.15, -0.1) is 0 Å². The minimum atomic E-state index is -1.13. The SMILES string of the molecule is C[C@@H](C(=O)OCC(=O)Nc1ccccc1C(N)=O)N1C(=O)[C@@H]2CC=CC[C@H]2C1=O. The van der Waals surface area contributed by atoms with Crippen LogP contribution in [0.5, 0.6) is 0 Å². The summed E-state index contributed by atoms with van der Waals surface area (Å²) in [7, 11) is 0. The molecule has 3 N–H and O–H groups in total. The zero-order valence-electron chi connectivity index (χ0n) is 15.8. The molecule has 0 saturated carbocycles. The van der Waals surface area contributed by atoms with Crippen molar-refractivity contribution in [1.29, 1.82) is 0 Å². The van der Waals surface area contributed by atoms with E-state index in [1.54, 1.807) is 12.1 Å². The molecule has 0 aromatic heterocycles. The second kappa shape index (κ2) is 8.26. The molecule has 0 spiro atoms. The number of rotatable bonds is 6. The average molecular weight is 399 g/mol.